The molecule has 0 aliphatic heterocycles. The van der Waals surface area contributed by atoms with Gasteiger partial charge in [-0.05, 0) is 37.3 Å². The van der Waals surface area contributed by atoms with E-state index < -0.39 is 0 Å². The van der Waals surface area contributed by atoms with Crippen molar-refractivity contribution in [1.82, 2.24) is 5.32 Å². The van der Waals surface area contributed by atoms with Crippen LogP contribution in [0.15, 0.2) is 11.4 Å². The monoisotopic (exact) mass is 231 g/mol. The van der Waals surface area contributed by atoms with Gasteiger partial charge in [0.25, 0.3) is 0 Å². The van der Waals surface area contributed by atoms with Crippen LogP contribution < -0.4 is 5.32 Å². The van der Waals surface area contributed by atoms with Crippen molar-refractivity contribution in [2.75, 3.05) is 6.54 Å². The summed E-state index contributed by atoms with van der Waals surface area (Å²) in [6.45, 7) is 5.43. The molecule has 0 aliphatic carbocycles. The molecular formula is C11H18ClNS. The Labute approximate surface area is 95.5 Å². The smallest absolute Gasteiger partial charge is 0.0544 e. The summed E-state index contributed by atoms with van der Waals surface area (Å²) in [5, 5.41) is 6.47. The topological polar surface area (TPSA) is 12.0 Å². The van der Waals surface area contributed by atoms with Gasteiger partial charge in [-0.2, -0.15) is 0 Å². The van der Waals surface area contributed by atoms with Crippen molar-refractivity contribution in [3.05, 3.63) is 21.3 Å². The predicted octanol–water partition coefficient (Wildman–Crippen LogP) is 3.72. The van der Waals surface area contributed by atoms with Crippen LogP contribution in [0.5, 0.6) is 0 Å². The van der Waals surface area contributed by atoms with Crippen LogP contribution in [0.4, 0.5) is 0 Å². The molecule has 0 aromatic carbocycles. The fraction of sp³-hybridized carbons (Fsp3) is 0.636. The van der Waals surface area contributed by atoms with Crippen molar-refractivity contribution in [2.24, 2.45) is 0 Å². The van der Waals surface area contributed by atoms with Gasteiger partial charge in [-0.1, -0.05) is 25.4 Å². The Morgan fingerprint density at radius 1 is 1.50 bits per heavy atom. The Hall–Kier alpha value is -0.0500. The van der Waals surface area contributed by atoms with Crippen LogP contribution >= 0.6 is 22.9 Å². The van der Waals surface area contributed by atoms with Crippen molar-refractivity contribution in [1.29, 1.82) is 0 Å². The second-order valence-corrected chi connectivity index (χ2v) is 4.80. The second-order valence-electron chi connectivity index (χ2n) is 3.39. The lowest BCUT2D eigenvalue weighted by Crippen LogP contribution is -2.28. The SMILES string of the molecule is CCNC(CC)CCc1sccc1Cl. The zero-order chi connectivity index (χ0) is 10.4. The lowest BCUT2D eigenvalue weighted by Gasteiger charge is -2.14. The Balaban J connectivity index is 2.35. The first kappa shape index (κ1) is 12.0. The van der Waals surface area contributed by atoms with Crippen LogP contribution in [0.2, 0.25) is 5.02 Å². The lowest BCUT2D eigenvalue weighted by molar-refractivity contribution is 0.482. The molecular weight excluding hydrogens is 214 g/mol. The number of halogens is 1. The summed E-state index contributed by atoms with van der Waals surface area (Å²) in [5.74, 6) is 0. The molecule has 0 saturated carbocycles. The molecule has 0 bridgehead atoms. The highest BCUT2D eigenvalue weighted by Gasteiger charge is 2.07. The molecule has 3 heteroatoms. The Morgan fingerprint density at radius 3 is 2.79 bits per heavy atom. The Morgan fingerprint density at radius 2 is 2.29 bits per heavy atom. The number of hydrogen-bond donors (Lipinski definition) is 1. The average molecular weight is 232 g/mol. The van der Waals surface area contributed by atoms with Gasteiger partial charge in [-0.15, -0.1) is 11.3 Å². The third-order valence-electron chi connectivity index (χ3n) is 2.40. The van der Waals surface area contributed by atoms with Crippen molar-refractivity contribution in [2.45, 2.75) is 39.2 Å². The number of thiophene rings is 1. The Kier molecular flexibility index (Phi) is 5.53. The Bertz CT molecular complexity index is 260. The van der Waals surface area contributed by atoms with E-state index in [1.807, 2.05) is 6.07 Å². The van der Waals surface area contributed by atoms with Gasteiger partial charge >= 0.3 is 0 Å². The minimum Gasteiger partial charge on any atom is -0.314 e. The van der Waals surface area contributed by atoms with Crippen molar-refractivity contribution >= 4 is 22.9 Å². The van der Waals surface area contributed by atoms with Gasteiger partial charge < -0.3 is 5.32 Å². The van der Waals surface area contributed by atoms with Crippen molar-refractivity contribution in [3.8, 4) is 0 Å². The van der Waals surface area contributed by atoms with Crippen LogP contribution in [-0.4, -0.2) is 12.6 Å². The largest absolute Gasteiger partial charge is 0.314 e. The number of aryl methyl sites for hydroxylation is 1. The molecule has 1 nitrogen and oxygen atoms in total. The van der Waals surface area contributed by atoms with Crippen molar-refractivity contribution in [3.63, 3.8) is 0 Å². The first-order valence-corrected chi connectivity index (χ1v) is 6.48. The summed E-state index contributed by atoms with van der Waals surface area (Å²) < 4.78 is 0. The van der Waals surface area contributed by atoms with E-state index in [2.05, 4.69) is 24.5 Å². The molecule has 0 radical (unpaired) electrons. The maximum absolute atomic E-state index is 6.03. The predicted molar refractivity (Wildman–Crippen MR) is 65.4 cm³/mol. The van der Waals surface area contributed by atoms with E-state index in [1.54, 1.807) is 11.3 Å². The van der Waals surface area contributed by atoms with Crippen molar-refractivity contribution < 1.29 is 0 Å². The van der Waals surface area contributed by atoms with Gasteiger partial charge in [0.2, 0.25) is 0 Å². The van der Waals surface area contributed by atoms with Crippen LogP contribution in [0, 0.1) is 0 Å². The third-order valence-corrected chi connectivity index (χ3v) is 3.84. The highest BCUT2D eigenvalue weighted by molar-refractivity contribution is 7.10. The van der Waals surface area contributed by atoms with E-state index in [0.717, 1.165) is 18.0 Å². The van der Waals surface area contributed by atoms with E-state index >= 15 is 0 Å². The maximum Gasteiger partial charge on any atom is 0.0544 e. The standard InChI is InChI=1S/C11H18ClNS/c1-3-9(13-4-2)5-6-11-10(12)7-8-14-11/h7-9,13H,3-6H2,1-2H3. The molecule has 0 saturated heterocycles. The molecule has 1 aromatic heterocycles. The third kappa shape index (κ3) is 3.60. The zero-order valence-corrected chi connectivity index (χ0v) is 10.4. The van der Waals surface area contributed by atoms with Gasteiger partial charge in [0.1, 0.15) is 0 Å². The number of nitrogens with one attached hydrogen (secondary N) is 1. The summed E-state index contributed by atoms with van der Waals surface area (Å²) in [4.78, 5) is 1.32. The minimum absolute atomic E-state index is 0.637. The molecule has 0 fully saturated rings. The average Bonchev–Trinajstić information content (AvgIpc) is 2.59. The fourth-order valence-corrected chi connectivity index (χ4v) is 2.70. The number of hydrogen-bond acceptors (Lipinski definition) is 2. The fourth-order valence-electron chi connectivity index (χ4n) is 1.55. The molecule has 1 rings (SSSR count). The minimum atomic E-state index is 0.637. The molecule has 0 amide bonds. The molecule has 1 unspecified atom stereocenters. The van der Waals surface area contributed by atoms with Gasteiger partial charge in [-0.3, -0.25) is 0 Å². The van der Waals surface area contributed by atoms with E-state index in [1.165, 1.54) is 17.7 Å². The molecule has 14 heavy (non-hydrogen) atoms. The summed E-state index contributed by atoms with van der Waals surface area (Å²) in [5.41, 5.74) is 0. The molecule has 0 spiro atoms. The molecule has 1 aromatic rings. The highest BCUT2D eigenvalue weighted by atomic mass is 35.5. The van der Waals surface area contributed by atoms with Gasteiger partial charge in [0, 0.05) is 10.9 Å². The first-order valence-electron chi connectivity index (χ1n) is 5.23. The summed E-state index contributed by atoms with van der Waals surface area (Å²) in [6.07, 6.45) is 3.48. The lowest BCUT2D eigenvalue weighted by atomic mass is 10.1. The summed E-state index contributed by atoms with van der Waals surface area (Å²) in [7, 11) is 0. The van der Waals surface area contributed by atoms with Crippen LogP contribution in [0.3, 0.4) is 0 Å². The van der Waals surface area contributed by atoms with Gasteiger partial charge in [0.15, 0.2) is 0 Å². The van der Waals surface area contributed by atoms with E-state index in [4.69, 9.17) is 11.6 Å². The first-order chi connectivity index (χ1) is 6.77. The van der Waals surface area contributed by atoms with Crippen LogP contribution in [-0.2, 0) is 6.42 Å². The molecule has 1 N–H and O–H groups in total. The summed E-state index contributed by atoms with van der Waals surface area (Å²) in [6, 6.07) is 2.62. The second kappa shape index (κ2) is 6.44. The van der Waals surface area contributed by atoms with E-state index in [-0.39, 0.29) is 0 Å². The maximum atomic E-state index is 6.03. The van der Waals surface area contributed by atoms with Gasteiger partial charge in [-0.25, -0.2) is 0 Å². The molecule has 1 atom stereocenters. The quantitative estimate of drug-likeness (QED) is 0.787. The van der Waals surface area contributed by atoms with Gasteiger partial charge in [0.05, 0.1) is 5.02 Å². The normalized spacial score (nSPS) is 13.1. The van der Waals surface area contributed by atoms with Crippen LogP contribution in [0.25, 0.3) is 0 Å². The highest BCUT2D eigenvalue weighted by Crippen LogP contribution is 2.23. The van der Waals surface area contributed by atoms with Crippen LogP contribution in [0.1, 0.15) is 31.6 Å². The molecule has 1 heterocycles. The van der Waals surface area contributed by atoms with E-state index in [9.17, 15) is 0 Å². The molecule has 80 valence electrons. The van der Waals surface area contributed by atoms with E-state index in [0.29, 0.717) is 6.04 Å². The zero-order valence-electron chi connectivity index (χ0n) is 8.85. The molecule has 0 aliphatic rings. The summed E-state index contributed by atoms with van der Waals surface area (Å²) >= 11 is 7.79. The number of rotatable bonds is 6.